The Morgan fingerprint density at radius 1 is 1.04 bits per heavy atom. The summed E-state index contributed by atoms with van der Waals surface area (Å²) in [4.78, 5) is 40.9. The van der Waals surface area contributed by atoms with Gasteiger partial charge in [0.2, 0.25) is 11.8 Å². The third kappa shape index (κ3) is 3.06. The predicted octanol–water partition coefficient (Wildman–Crippen LogP) is 0.610. The molecule has 6 nitrogen and oxygen atoms in total. The summed E-state index contributed by atoms with van der Waals surface area (Å²) in [6, 6.07) is 8.84. The largest absolute Gasteiger partial charge is 0.330 e. The van der Waals surface area contributed by atoms with Crippen LogP contribution in [0.3, 0.4) is 0 Å². The van der Waals surface area contributed by atoms with Crippen molar-refractivity contribution in [2.24, 2.45) is 5.73 Å². The van der Waals surface area contributed by atoms with Gasteiger partial charge in [0.25, 0.3) is 0 Å². The van der Waals surface area contributed by atoms with Crippen LogP contribution in [0.5, 0.6) is 0 Å². The molecule has 1 aromatic carbocycles. The molecule has 0 spiro atoms. The van der Waals surface area contributed by atoms with Crippen LogP contribution in [0.1, 0.15) is 36.0 Å². The summed E-state index contributed by atoms with van der Waals surface area (Å²) in [7, 11) is 0. The lowest BCUT2D eigenvalue weighted by molar-refractivity contribution is -0.143. The van der Waals surface area contributed by atoms with Gasteiger partial charge >= 0.3 is 0 Å². The van der Waals surface area contributed by atoms with Gasteiger partial charge in [-0.25, -0.2) is 0 Å². The molecule has 0 aromatic heterocycles. The van der Waals surface area contributed by atoms with Gasteiger partial charge in [-0.2, -0.15) is 0 Å². The molecule has 6 heteroatoms. The number of likely N-dealkylation sites (tertiary alicyclic amines) is 2. The van der Waals surface area contributed by atoms with E-state index in [2.05, 4.69) is 6.07 Å². The second kappa shape index (κ2) is 7.13. The molecule has 24 heavy (non-hydrogen) atoms. The highest BCUT2D eigenvalue weighted by Crippen LogP contribution is 2.26. The number of carbonyl (C=O) groups excluding carboxylic acids is 3. The molecule has 127 valence electrons. The number of hydrogen-bond acceptors (Lipinski definition) is 4. The standard InChI is InChI=1S/C18H22N3O3/c19-12-16(22)20-10-5-9-15(20)18(24)21-11-4-8-14(21)17(23)13-6-2-1-3-7-13/h2-3,6-7,14-15H,4-5,8-12,19H2/t14-,15-/m1/s1. The van der Waals surface area contributed by atoms with Gasteiger partial charge in [0.1, 0.15) is 6.04 Å². The normalized spacial score (nSPS) is 23.5. The predicted molar refractivity (Wildman–Crippen MR) is 88.1 cm³/mol. The SMILES string of the molecule is NCC(=O)N1CCC[C@@H]1C(=O)N1CCC[C@@H]1C(=O)c1cc[c]cc1. The maximum absolute atomic E-state index is 13.0. The molecule has 1 radical (unpaired) electrons. The molecule has 1 aromatic rings. The molecule has 2 atom stereocenters. The summed E-state index contributed by atoms with van der Waals surface area (Å²) in [5.41, 5.74) is 6.04. The Bertz CT molecular complexity index is 632. The van der Waals surface area contributed by atoms with Crippen molar-refractivity contribution >= 4 is 17.6 Å². The van der Waals surface area contributed by atoms with E-state index in [-0.39, 0.29) is 24.1 Å². The summed E-state index contributed by atoms with van der Waals surface area (Å²) < 4.78 is 0. The molecule has 2 N–H and O–H groups in total. The number of amides is 2. The second-order valence-electron chi connectivity index (χ2n) is 6.29. The Labute approximate surface area is 141 Å². The number of nitrogens with two attached hydrogens (primary N) is 1. The number of rotatable bonds is 4. The zero-order valence-electron chi connectivity index (χ0n) is 13.6. The van der Waals surface area contributed by atoms with Crippen molar-refractivity contribution in [3.8, 4) is 0 Å². The number of hydrogen-bond donors (Lipinski definition) is 1. The van der Waals surface area contributed by atoms with Crippen molar-refractivity contribution < 1.29 is 14.4 Å². The highest BCUT2D eigenvalue weighted by Gasteiger charge is 2.41. The lowest BCUT2D eigenvalue weighted by atomic mass is 10.0. The fraction of sp³-hybridized carbons (Fsp3) is 0.500. The van der Waals surface area contributed by atoms with E-state index >= 15 is 0 Å². The summed E-state index contributed by atoms with van der Waals surface area (Å²) >= 11 is 0. The van der Waals surface area contributed by atoms with E-state index in [9.17, 15) is 14.4 Å². The van der Waals surface area contributed by atoms with Crippen LogP contribution in [0.25, 0.3) is 0 Å². The molecule has 2 saturated heterocycles. The van der Waals surface area contributed by atoms with E-state index in [0.717, 1.165) is 12.8 Å². The van der Waals surface area contributed by atoms with E-state index in [1.807, 2.05) is 0 Å². The molecule has 2 fully saturated rings. The first kappa shape index (κ1) is 16.6. The van der Waals surface area contributed by atoms with Crippen LogP contribution in [-0.4, -0.2) is 59.1 Å². The summed E-state index contributed by atoms with van der Waals surface area (Å²) in [6.07, 6.45) is 2.91. The minimum Gasteiger partial charge on any atom is -0.330 e. The fourth-order valence-electron chi connectivity index (χ4n) is 3.68. The monoisotopic (exact) mass is 328 g/mol. The Hall–Kier alpha value is -2.21. The molecular formula is C18H22N3O3. The third-order valence-electron chi connectivity index (χ3n) is 4.87. The van der Waals surface area contributed by atoms with Crippen molar-refractivity contribution in [3.63, 3.8) is 0 Å². The van der Waals surface area contributed by atoms with Gasteiger partial charge in [0, 0.05) is 18.7 Å². The molecule has 2 amide bonds. The minimum absolute atomic E-state index is 0.0375. The van der Waals surface area contributed by atoms with Crippen molar-refractivity contribution in [3.05, 3.63) is 35.9 Å². The average molecular weight is 328 g/mol. The van der Waals surface area contributed by atoms with E-state index in [4.69, 9.17) is 5.73 Å². The lowest BCUT2D eigenvalue weighted by Crippen LogP contribution is -2.51. The Kier molecular flexibility index (Phi) is 4.94. The van der Waals surface area contributed by atoms with Crippen LogP contribution in [0, 0.1) is 6.07 Å². The first-order valence-electron chi connectivity index (χ1n) is 8.44. The quantitative estimate of drug-likeness (QED) is 0.821. The highest BCUT2D eigenvalue weighted by atomic mass is 16.2. The van der Waals surface area contributed by atoms with Crippen LogP contribution in [0.2, 0.25) is 0 Å². The van der Waals surface area contributed by atoms with Gasteiger partial charge in [-0.05, 0) is 31.7 Å². The van der Waals surface area contributed by atoms with Gasteiger partial charge in [-0.15, -0.1) is 0 Å². The average Bonchev–Trinajstić information content (AvgIpc) is 3.30. The van der Waals surface area contributed by atoms with E-state index in [1.54, 1.807) is 34.1 Å². The molecule has 3 rings (SSSR count). The lowest BCUT2D eigenvalue weighted by Gasteiger charge is -2.30. The van der Waals surface area contributed by atoms with Crippen molar-refractivity contribution in [1.82, 2.24) is 9.80 Å². The summed E-state index contributed by atoms with van der Waals surface area (Å²) in [6.45, 7) is 1.04. The number of ketones is 1. The van der Waals surface area contributed by atoms with E-state index in [1.165, 1.54) is 0 Å². The van der Waals surface area contributed by atoms with Crippen LogP contribution < -0.4 is 5.73 Å². The van der Waals surface area contributed by atoms with Gasteiger partial charge in [0.05, 0.1) is 12.6 Å². The third-order valence-corrected chi connectivity index (χ3v) is 4.87. The maximum atomic E-state index is 13.0. The molecule has 0 saturated carbocycles. The summed E-state index contributed by atoms with van der Waals surface area (Å²) in [5.74, 6) is -0.358. The molecular weight excluding hydrogens is 306 g/mol. The van der Waals surface area contributed by atoms with Crippen molar-refractivity contribution in [2.45, 2.75) is 37.8 Å². The Morgan fingerprint density at radius 3 is 2.33 bits per heavy atom. The Morgan fingerprint density at radius 2 is 1.67 bits per heavy atom. The molecule has 0 bridgehead atoms. The van der Waals surface area contributed by atoms with E-state index in [0.29, 0.717) is 31.5 Å². The minimum atomic E-state index is -0.474. The van der Waals surface area contributed by atoms with Crippen LogP contribution >= 0.6 is 0 Å². The first-order valence-corrected chi connectivity index (χ1v) is 8.44. The summed E-state index contributed by atoms with van der Waals surface area (Å²) in [5, 5.41) is 0. The van der Waals surface area contributed by atoms with Crippen LogP contribution in [-0.2, 0) is 9.59 Å². The number of Topliss-reactive ketones (excluding diaryl/α,β-unsaturated/α-hetero) is 1. The van der Waals surface area contributed by atoms with Crippen LogP contribution in [0.4, 0.5) is 0 Å². The fourth-order valence-corrected chi connectivity index (χ4v) is 3.68. The molecule has 2 aliphatic rings. The zero-order valence-corrected chi connectivity index (χ0v) is 13.6. The topological polar surface area (TPSA) is 83.7 Å². The van der Waals surface area contributed by atoms with Gasteiger partial charge in [0.15, 0.2) is 5.78 Å². The van der Waals surface area contributed by atoms with Crippen molar-refractivity contribution in [1.29, 1.82) is 0 Å². The second-order valence-corrected chi connectivity index (χ2v) is 6.29. The molecule has 0 unspecified atom stereocenters. The Balaban J connectivity index is 1.76. The van der Waals surface area contributed by atoms with E-state index < -0.39 is 12.1 Å². The first-order chi connectivity index (χ1) is 11.6. The van der Waals surface area contributed by atoms with Gasteiger partial charge < -0.3 is 15.5 Å². The number of carbonyl (C=O) groups is 3. The maximum Gasteiger partial charge on any atom is 0.246 e. The molecule has 0 aliphatic carbocycles. The molecule has 2 aliphatic heterocycles. The van der Waals surface area contributed by atoms with Crippen molar-refractivity contribution in [2.75, 3.05) is 19.6 Å². The molecule has 2 heterocycles. The zero-order chi connectivity index (χ0) is 17.1. The van der Waals surface area contributed by atoms with Crippen LogP contribution in [0.15, 0.2) is 24.3 Å². The smallest absolute Gasteiger partial charge is 0.246 e. The number of benzene rings is 1. The van der Waals surface area contributed by atoms with Gasteiger partial charge in [-0.1, -0.05) is 24.3 Å². The van der Waals surface area contributed by atoms with Gasteiger partial charge in [-0.3, -0.25) is 14.4 Å². The number of nitrogens with zero attached hydrogens (tertiary/aromatic N) is 2. The highest BCUT2D eigenvalue weighted by molar-refractivity contribution is 6.03.